The molecule has 6 heteroatoms. The van der Waals surface area contributed by atoms with E-state index in [-0.39, 0.29) is 23.5 Å². The predicted molar refractivity (Wildman–Crippen MR) is 97.2 cm³/mol. The number of quaternary nitrogens is 1. The van der Waals surface area contributed by atoms with Crippen LogP contribution in [-0.2, 0) is 9.59 Å². The highest BCUT2D eigenvalue weighted by Crippen LogP contribution is 2.30. The van der Waals surface area contributed by atoms with Crippen LogP contribution >= 0.6 is 11.8 Å². The zero-order valence-electron chi connectivity index (χ0n) is 14.3. The van der Waals surface area contributed by atoms with Gasteiger partial charge >= 0.3 is 0 Å². The SMILES string of the molecule is CCCCCCOc1ccc(N2C(=O)C[C@H](SCC[NH3+])C2=O)cc1. The van der Waals surface area contributed by atoms with Gasteiger partial charge in [0, 0.05) is 12.2 Å². The maximum atomic E-state index is 12.4. The van der Waals surface area contributed by atoms with Crippen molar-refractivity contribution in [1.29, 1.82) is 0 Å². The number of thioether (sulfide) groups is 1. The molecule has 0 aliphatic carbocycles. The van der Waals surface area contributed by atoms with E-state index in [1.165, 1.54) is 35.9 Å². The van der Waals surface area contributed by atoms with E-state index in [2.05, 4.69) is 12.7 Å². The Kier molecular flexibility index (Phi) is 7.59. The lowest BCUT2D eigenvalue weighted by molar-refractivity contribution is -0.360. The smallest absolute Gasteiger partial charge is 0.247 e. The number of imide groups is 1. The molecule has 24 heavy (non-hydrogen) atoms. The minimum atomic E-state index is -0.270. The highest BCUT2D eigenvalue weighted by atomic mass is 32.2. The van der Waals surface area contributed by atoms with Gasteiger partial charge in [-0.2, -0.15) is 0 Å². The number of hydrogen-bond acceptors (Lipinski definition) is 4. The molecule has 2 amide bonds. The van der Waals surface area contributed by atoms with E-state index >= 15 is 0 Å². The summed E-state index contributed by atoms with van der Waals surface area (Å²) in [4.78, 5) is 25.9. The van der Waals surface area contributed by atoms with Crippen LogP contribution in [-0.4, -0.2) is 36.0 Å². The van der Waals surface area contributed by atoms with Crippen molar-refractivity contribution in [1.82, 2.24) is 0 Å². The Hall–Kier alpha value is -1.53. The van der Waals surface area contributed by atoms with Gasteiger partial charge in [0.2, 0.25) is 11.8 Å². The fourth-order valence-electron chi connectivity index (χ4n) is 2.64. The van der Waals surface area contributed by atoms with Crippen molar-refractivity contribution in [2.75, 3.05) is 23.8 Å². The summed E-state index contributed by atoms with van der Waals surface area (Å²) in [6.07, 6.45) is 4.94. The van der Waals surface area contributed by atoms with E-state index < -0.39 is 0 Å². The van der Waals surface area contributed by atoms with Crippen molar-refractivity contribution >= 4 is 29.3 Å². The van der Waals surface area contributed by atoms with E-state index in [1.54, 1.807) is 12.1 Å². The highest BCUT2D eigenvalue weighted by Gasteiger charge is 2.39. The first-order chi connectivity index (χ1) is 11.7. The standard InChI is InChI=1S/C18H26N2O3S/c1-2-3-4-5-11-23-15-8-6-14(7-9-15)20-17(21)13-16(18(20)22)24-12-10-19/h6-9,16H,2-5,10-13,19H2,1H3/p+1/t16-/m0/s1. The molecule has 1 aromatic carbocycles. The molecule has 1 atom stereocenters. The fourth-order valence-corrected chi connectivity index (χ4v) is 3.60. The summed E-state index contributed by atoms with van der Waals surface area (Å²) in [7, 11) is 0. The van der Waals surface area contributed by atoms with Crippen LogP contribution in [0.25, 0.3) is 0 Å². The van der Waals surface area contributed by atoms with Crippen LogP contribution in [0.4, 0.5) is 5.69 Å². The Bertz CT molecular complexity index is 548. The molecule has 5 nitrogen and oxygen atoms in total. The molecule has 1 aliphatic rings. The van der Waals surface area contributed by atoms with Gasteiger partial charge < -0.3 is 10.5 Å². The summed E-state index contributed by atoms with van der Waals surface area (Å²) in [5.41, 5.74) is 4.40. The van der Waals surface area contributed by atoms with Crippen molar-refractivity contribution in [3.63, 3.8) is 0 Å². The number of amides is 2. The van der Waals surface area contributed by atoms with E-state index in [1.807, 2.05) is 12.1 Å². The van der Waals surface area contributed by atoms with Crippen LogP contribution in [0, 0.1) is 0 Å². The molecule has 0 saturated carbocycles. The molecule has 3 N–H and O–H groups in total. The molecular formula is C18H27N2O3S+. The Balaban J connectivity index is 1.90. The van der Waals surface area contributed by atoms with Crippen LogP contribution < -0.4 is 15.4 Å². The molecule has 1 aliphatic heterocycles. The van der Waals surface area contributed by atoms with Gasteiger partial charge in [0.05, 0.1) is 24.1 Å². The van der Waals surface area contributed by atoms with Gasteiger partial charge in [-0.15, -0.1) is 11.8 Å². The summed E-state index contributed by atoms with van der Waals surface area (Å²) in [6, 6.07) is 7.22. The monoisotopic (exact) mass is 351 g/mol. The highest BCUT2D eigenvalue weighted by molar-refractivity contribution is 8.00. The number of anilines is 1. The zero-order valence-corrected chi connectivity index (χ0v) is 15.1. The molecule has 132 valence electrons. The van der Waals surface area contributed by atoms with Crippen LogP contribution in [0.2, 0.25) is 0 Å². The minimum Gasteiger partial charge on any atom is -0.494 e. The normalized spacial score (nSPS) is 17.6. The molecular weight excluding hydrogens is 324 g/mol. The summed E-state index contributed by atoms with van der Waals surface area (Å²) in [5, 5.41) is -0.270. The van der Waals surface area contributed by atoms with Crippen molar-refractivity contribution in [2.45, 2.75) is 44.3 Å². The second-order valence-corrected chi connectivity index (χ2v) is 7.20. The number of unbranched alkanes of at least 4 members (excludes halogenated alkanes) is 3. The fraction of sp³-hybridized carbons (Fsp3) is 0.556. The number of rotatable bonds is 10. The van der Waals surface area contributed by atoms with Gasteiger partial charge in [0.15, 0.2) is 0 Å². The number of nitrogens with zero attached hydrogens (tertiary/aromatic N) is 1. The van der Waals surface area contributed by atoms with Crippen molar-refractivity contribution in [3.05, 3.63) is 24.3 Å². The summed E-state index contributed by atoms with van der Waals surface area (Å²) in [6.45, 7) is 3.64. The zero-order chi connectivity index (χ0) is 17.4. The maximum absolute atomic E-state index is 12.4. The van der Waals surface area contributed by atoms with Gasteiger partial charge in [-0.25, -0.2) is 4.90 Å². The van der Waals surface area contributed by atoms with Crippen LogP contribution in [0.1, 0.15) is 39.0 Å². The van der Waals surface area contributed by atoms with Crippen LogP contribution in [0.5, 0.6) is 5.75 Å². The second kappa shape index (κ2) is 9.69. The number of ether oxygens (including phenoxy) is 1. The summed E-state index contributed by atoms with van der Waals surface area (Å²) < 4.78 is 5.70. The second-order valence-electron chi connectivity index (χ2n) is 5.89. The average molecular weight is 351 g/mol. The molecule has 2 rings (SSSR count). The summed E-state index contributed by atoms with van der Waals surface area (Å²) in [5.74, 6) is 1.32. The predicted octanol–water partition coefficient (Wildman–Crippen LogP) is 2.25. The Labute approximate surface area is 147 Å². The number of hydrogen-bond donors (Lipinski definition) is 1. The van der Waals surface area contributed by atoms with Crippen molar-refractivity contribution in [3.8, 4) is 5.75 Å². The number of carbonyl (C=O) groups is 2. The third-order valence-electron chi connectivity index (χ3n) is 3.93. The third kappa shape index (κ3) is 4.98. The van der Waals surface area contributed by atoms with Gasteiger partial charge in [-0.1, -0.05) is 26.2 Å². The topological polar surface area (TPSA) is 74.2 Å². The molecule has 1 fully saturated rings. The Morgan fingerprint density at radius 1 is 1.21 bits per heavy atom. The van der Waals surface area contributed by atoms with Gasteiger partial charge in [-0.05, 0) is 30.7 Å². The quantitative estimate of drug-likeness (QED) is 0.518. The lowest BCUT2D eigenvalue weighted by Gasteiger charge is -2.15. The van der Waals surface area contributed by atoms with E-state index in [0.29, 0.717) is 12.3 Å². The maximum Gasteiger partial charge on any atom is 0.247 e. The van der Waals surface area contributed by atoms with Gasteiger partial charge in [-0.3, -0.25) is 9.59 Å². The Morgan fingerprint density at radius 3 is 2.62 bits per heavy atom. The third-order valence-corrected chi connectivity index (χ3v) is 5.23. The number of benzene rings is 1. The first-order valence-corrected chi connectivity index (χ1v) is 9.72. The largest absolute Gasteiger partial charge is 0.494 e. The van der Waals surface area contributed by atoms with Crippen molar-refractivity contribution in [2.24, 2.45) is 0 Å². The Morgan fingerprint density at radius 2 is 1.96 bits per heavy atom. The van der Waals surface area contributed by atoms with E-state index in [4.69, 9.17) is 4.74 Å². The minimum absolute atomic E-state index is 0.119. The molecule has 0 unspecified atom stereocenters. The summed E-state index contributed by atoms with van der Waals surface area (Å²) >= 11 is 1.52. The molecule has 0 radical (unpaired) electrons. The van der Waals surface area contributed by atoms with E-state index in [9.17, 15) is 9.59 Å². The first kappa shape index (κ1) is 18.8. The van der Waals surface area contributed by atoms with Crippen molar-refractivity contribution < 1.29 is 20.1 Å². The molecule has 0 spiro atoms. The molecule has 0 bridgehead atoms. The van der Waals surface area contributed by atoms with Crippen LogP contribution in [0.15, 0.2) is 24.3 Å². The molecule has 1 heterocycles. The molecule has 1 saturated heterocycles. The molecule has 1 aromatic rings. The lowest BCUT2D eigenvalue weighted by Crippen LogP contribution is -2.51. The number of carbonyl (C=O) groups excluding carboxylic acids is 2. The van der Waals surface area contributed by atoms with Gasteiger partial charge in [0.25, 0.3) is 0 Å². The molecule has 0 aromatic heterocycles. The van der Waals surface area contributed by atoms with Gasteiger partial charge in [0.1, 0.15) is 5.75 Å². The first-order valence-electron chi connectivity index (χ1n) is 8.68. The lowest BCUT2D eigenvalue weighted by atomic mass is 10.2. The average Bonchev–Trinajstić information content (AvgIpc) is 2.87. The van der Waals surface area contributed by atoms with Crippen LogP contribution in [0.3, 0.4) is 0 Å². The van der Waals surface area contributed by atoms with E-state index in [0.717, 1.165) is 24.5 Å².